The minimum atomic E-state index is -0.981. The highest BCUT2D eigenvalue weighted by Crippen LogP contribution is 2.43. The zero-order chi connectivity index (χ0) is 33.9. The van der Waals surface area contributed by atoms with Crippen LogP contribution in [0.5, 0.6) is 11.5 Å². The van der Waals surface area contributed by atoms with Gasteiger partial charge >= 0.3 is 5.97 Å². The van der Waals surface area contributed by atoms with Gasteiger partial charge in [-0.3, -0.25) is 23.9 Å². The Bertz CT molecular complexity index is 1570. The van der Waals surface area contributed by atoms with Crippen molar-refractivity contribution in [3.8, 4) is 11.5 Å². The van der Waals surface area contributed by atoms with E-state index in [9.17, 15) is 19.2 Å². The molecule has 2 aromatic carbocycles. The summed E-state index contributed by atoms with van der Waals surface area (Å²) < 4.78 is 18.8. The normalized spacial score (nSPS) is 19.6. The molecule has 2 aliphatic rings. The number of nitrogens with one attached hydrogen (secondary N) is 2. The number of methoxy groups -OCH3 is 1. The van der Waals surface area contributed by atoms with Gasteiger partial charge in [-0.15, -0.1) is 0 Å². The molecule has 2 N–H and O–H groups in total. The van der Waals surface area contributed by atoms with Gasteiger partial charge in [0, 0.05) is 50.6 Å². The van der Waals surface area contributed by atoms with Crippen LogP contribution < -0.4 is 20.1 Å². The first-order valence-electron chi connectivity index (χ1n) is 16.6. The fourth-order valence-electron chi connectivity index (χ4n) is 6.12. The van der Waals surface area contributed by atoms with E-state index in [0.717, 1.165) is 24.0 Å². The number of rotatable bonds is 8. The van der Waals surface area contributed by atoms with E-state index in [2.05, 4.69) is 15.7 Å². The quantitative estimate of drug-likeness (QED) is 0.351. The van der Waals surface area contributed by atoms with Crippen molar-refractivity contribution in [1.82, 2.24) is 25.3 Å². The summed E-state index contributed by atoms with van der Waals surface area (Å²) in [5, 5.41) is 10.1. The molecule has 0 radical (unpaired) electrons. The second-order valence-corrected chi connectivity index (χ2v) is 12.5. The maximum Gasteiger partial charge on any atom is 0.314 e. The molecule has 1 atom stereocenters. The first-order chi connectivity index (χ1) is 23.3. The second-order valence-electron chi connectivity index (χ2n) is 12.5. The predicted octanol–water partition coefficient (Wildman–Crippen LogP) is 3.38. The summed E-state index contributed by atoms with van der Waals surface area (Å²) in [6.45, 7) is 3.12. The Balaban J connectivity index is 1.37. The maximum absolute atomic E-state index is 13.7. The van der Waals surface area contributed by atoms with E-state index in [1.54, 1.807) is 40.9 Å². The average molecular weight is 660 g/mol. The molecule has 1 fully saturated rings. The number of hydrogen-bond donors (Lipinski definition) is 2. The van der Waals surface area contributed by atoms with E-state index in [0.29, 0.717) is 55.3 Å². The summed E-state index contributed by atoms with van der Waals surface area (Å²) in [5.74, 6) is 0.0728. The summed E-state index contributed by atoms with van der Waals surface area (Å²) in [4.78, 5) is 55.1. The number of hydrogen-bond acceptors (Lipinski definition) is 8. The number of amides is 3. The van der Waals surface area contributed by atoms with Gasteiger partial charge in [0.05, 0.1) is 25.7 Å². The lowest BCUT2D eigenvalue weighted by molar-refractivity contribution is -0.156. The first-order valence-corrected chi connectivity index (χ1v) is 16.6. The van der Waals surface area contributed by atoms with Crippen LogP contribution in [0.3, 0.4) is 0 Å². The van der Waals surface area contributed by atoms with Crippen LogP contribution in [0.15, 0.2) is 60.9 Å². The van der Waals surface area contributed by atoms with Gasteiger partial charge in [0.1, 0.15) is 0 Å². The number of aromatic nitrogens is 2. The summed E-state index contributed by atoms with van der Waals surface area (Å²) in [6.07, 6.45) is 7.08. The van der Waals surface area contributed by atoms with Gasteiger partial charge in [0.15, 0.2) is 18.1 Å². The predicted molar refractivity (Wildman–Crippen MR) is 178 cm³/mol. The Labute approximate surface area is 281 Å². The van der Waals surface area contributed by atoms with Crippen molar-refractivity contribution in [2.75, 3.05) is 46.5 Å². The lowest BCUT2D eigenvalue weighted by atomic mass is 9.76. The number of nitrogens with zero attached hydrogens (tertiary/aromatic N) is 3. The Morgan fingerprint density at radius 3 is 2.67 bits per heavy atom. The third-order valence-corrected chi connectivity index (χ3v) is 8.74. The molecule has 3 amide bonds. The topological polar surface area (TPSA) is 141 Å². The van der Waals surface area contributed by atoms with E-state index < -0.39 is 5.41 Å². The number of fused-ring (bicyclic) bond motifs is 2. The Morgan fingerprint density at radius 1 is 1.06 bits per heavy atom. The minimum absolute atomic E-state index is 0.123. The van der Waals surface area contributed by atoms with Crippen molar-refractivity contribution in [3.05, 3.63) is 77.6 Å². The molecule has 1 aromatic heterocycles. The van der Waals surface area contributed by atoms with E-state index in [1.165, 1.54) is 7.11 Å². The van der Waals surface area contributed by atoms with Crippen LogP contribution in [0.1, 0.15) is 60.5 Å². The second kappa shape index (κ2) is 16.3. The third-order valence-electron chi connectivity index (χ3n) is 8.74. The minimum Gasteiger partial charge on any atom is -0.493 e. The molecule has 2 heterocycles. The molecule has 12 heteroatoms. The van der Waals surface area contributed by atoms with Gasteiger partial charge in [0.2, 0.25) is 5.91 Å². The molecule has 0 spiro atoms. The molecule has 48 heavy (non-hydrogen) atoms. The SMILES string of the molecule is CCOC(=O)C1(CC2CC2)CNC(=O)CCCN(C(=O)c2cccc(Cn3cccn3)c2)CCNC(=O)COc2cc(ccc2OC)C1. The molecule has 1 saturated carbocycles. The van der Waals surface area contributed by atoms with Crippen LogP contribution in [0.2, 0.25) is 0 Å². The maximum atomic E-state index is 13.7. The fraction of sp³-hybridized carbons (Fsp3) is 0.472. The van der Waals surface area contributed by atoms with Crippen LogP contribution >= 0.6 is 0 Å². The summed E-state index contributed by atoms with van der Waals surface area (Å²) in [6, 6.07) is 14.6. The lowest BCUT2D eigenvalue weighted by Crippen LogP contribution is -2.46. The van der Waals surface area contributed by atoms with Gasteiger partial charge < -0.3 is 29.7 Å². The van der Waals surface area contributed by atoms with Crippen molar-refractivity contribution in [1.29, 1.82) is 0 Å². The Morgan fingerprint density at radius 2 is 1.92 bits per heavy atom. The zero-order valence-electron chi connectivity index (χ0n) is 27.7. The molecule has 12 nitrogen and oxygen atoms in total. The van der Waals surface area contributed by atoms with E-state index in [-0.39, 0.29) is 63.0 Å². The average Bonchev–Trinajstić information content (AvgIpc) is 3.75. The summed E-state index contributed by atoms with van der Waals surface area (Å²) in [5.41, 5.74) is 1.25. The van der Waals surface area contributed by atoms with Crippen molar-refractivity contribution in [3.63, 3.8) is 0 Å². The number of carbonyl (C=O) groups excluding carboxylic acids is 4. The van der Waals surface area contributed by atoms with Crippen LogP contribution in [-0.4, -0.2) is 84.9 Å². The van der Waals surface area contributed by atoms with Gasteiger partial charge in [-0.1, -0.05) is 31.0 Å². The summed E-state index contributed by atoms with van der Waals surface area (Å²) >= 11 is 0. The van der Waals surface area contributed by atoms with Crippen molar-refractivity contribution < 1.29 is 33.4 Å². The molecule has 256 valence electrons. The highest BCUT2D eigenvalue weighted by Gasteiger charge is 2.44. The van der Waals surface area contributed by atoms with Crippen LogP contribution in [-0.2, 0) is 32.1 Å². The fourth-order valence-corrected chi connectivity index (χ4v) is 6.12. The standard InChI is InChI=1S/C36H45N5O7/c1-3-47-35(45)36(21-26-10-11-26)22-27-12-13-30(46-2)31(20-27)48-24-33(43)37-15-18-40(16-5-9-32(42)38-25-36)34(44)29-8-4-7-28(19-29)23-41-17-6-14-39-41/h4,6-8,12-14,17,19-20,26H,3,5,9-11,15-16,18,21-25H2,1-2H3,(H,37,43)(H,38,42). The Hall–Kier alpha value is -4.87. The largest absolute Gasteiger partial charge is 0.493 e. The molecular weight excluding hydrogens is 614 g/mol. The monoisotopic (exact) mass is 659 g/mol. The van der Waals surface area contributed by atoms with Crippen molar-refractivity contribution >= 4 is 23.7 Å². The Kier molecular flexibility index (Phi) is 11.7. The molecule has 1 unspecified atom stereocenters. The van der Waals surface area contributed by atoms with Gasteiger partial charge in [-0.05, 0) is 73.6 Å². The summed E-state index contributed by atoms with van der Waals surface area (Å²) in [7, 11) is 1.52. The van der Waals surface area contributed by atoms with Crippen molar-refractivity contribution in [2.45, 2.75) is 52.0 Å². The number of carbonyl (C=O) groups is 4. The third kappa shape index (κ3) is 9.36. The molecule has 0 saturated heterocycles. The van der Waals surface area contributed by atoms with E-state index in [4.69, 9.17) is 14.2 Å². The molecule has 5 rings (SSSR count). The number of ether oxygens (including phenoxy) is 3. The lowest BCUT2D eigenvalue weighted by Gasteiger charge is -2.32. The number of esters is 1. The molecule has 2 bridgehead atoms. The molecule has 1 aliphatic heterocycles. The van der Waals surface area contributed by atoms with E-state index in [1.807, 2.05) is 36.5 Å². The smallest absolute Gasteiger partial charge is 0.314 e. The van der Waals surface area contributed by atoms with Gasteiger partial charge in [0.25, 0.3) is 11.8 Å². The van der Waals surface area contributed by atoms with Gasteiger partial charge in [-0.2, -0.15) is 5.10 Å². The van der Waals surface area contributed by atoms with Crippen LogP contribution in [0, 0.1) is 11.3 Å². The van der Waals surface area contributed by atoms with Crippen LogP contribution in [0.25, 0.3) is 0 Å². The molecule has 3 aromatic rings. The molecule has 1 aliphatic carbocycles. The molecular formula is C36H45N5O7. The number of benzene rings is 2. The zero-order valence-corrected chi connectivity index (χ0v) is 27.7. The van der Waals surface area contributed by atoms with Crippen molar-refractivity contribution in [2.24, 2.45) is 11.3 Å². The highest BCUT2D eigenvalue weighted by molar-refractivity contribution is 5.94. The van der Waals surface area contributed by atoms with E-state index >= 15 is 0 Å². The first kappa shape index (κ1) is 34.5. The van der Waals surface area contributed by atoms with Gasteiger partial charge in [-0.25, -0.2) is 0 Å². The van der Waals surface area contributed by atoms with Crippen LogP contribution in [0.4, 0.5) is 0 Å². The highest BCUT2D eigenvalue weighted by atomic mass is 16.5.